The van der Waals surface area contributed by atoms with E-state index in [4.69, 9.17) is 11.6 Å². The van der Waals surface area contributed by atoms with E-state index in [1.54, 1.807) is 6.07 Å². The second-order valence-corrected chi connectivity index (χ2v) is 6.77. The highest BCUT2D eigenvalue weighted by Crippen LogP contribution is 2.26. The summed E-state index contributed by atoms with van der Waals surface area (Å²) in [7, 11) is -4.43. The lowest BCUT2D eigenvalue weighted by Gasteiger charge is -2.22. The van der Waals surface area contributed by atoms with E-state index in [1.165, 1.54) is 54.6 Å². The molecule has 0 heterocycles. The van der Waals surface area contributed by atoms with Crippen molar-refractivity contribution in [3.05, 3.63) is 66.2 Å². The first-order chi connectivity index (χ1) is 11.8. The summed E-state index contributed by atoms with van der Waals surface area (Å²) in [4.78, 5) is 14.7. The second-order valence-electron chi connectivity index (χ2n) is 4.64. The molecule has 0 aromatic heterocycles. The number of para-hydroxylation sites is 1. The molecule has 0 saturated heterocycles. The zero-order valence-electron chi connectivity index (χ0n) is 12.6. The van der Waals surface area contributed by atoms with Gasteiger partial charge in [0.25, 0.3) is 10.0 Å². The minimum atomic E-state index is -4.43. The highest BCUT2D eigenvalue weighted by Gasteiger charge is 2.29. The van der Waals surface area contributed by atoms with E-state index < -0.39 is 21.9 Å². The molecule has 0 amide bonds. The molecule has 0 spiro atoms. The maximum Gasteiger partial charge on any atom is 0.366 e. The average molecular weight is 388 g/mol. The van der Waals surface area contributed by atoms with E-state index in [-0.39, 0.29) is 15.1 Å². The zero-order chi connectivity index (χ0) is 18.4. The minimum absolute atomic E-state index is 0.0836. The lowest BCUT2D eigenvalue weighted by atomic mass is 10.2. The van der Waals surface area contributed by atoms with Crippen LogP contribution < -0.4 is 4.47 Å². The number of allylic oxidation sites excluding steroid dienone is 1. The fourth-order valence-corrected chi connectivity index (χ4v) is 3.28. The van der Waals surface area contributed by atoms with Gasteiger partial charge in [-0.05, 0) is 47.5 Å². The van der Waals surface area contributed by atoms with Crippen LogP contribution in [0.3, 0.4) is 0 Å². The molecule has 5 nitrogen and oxygen atoms in total. The van der Waals surface area contributed by atoms with Gasteiger partial charge in [-0.15, -0.1) is 4.47 Å². The van der Waals surface area contributed by atoms with E-state index in [1.807, 2.05) is 0 Å². The highest BCUT2D eigenvalue weighted by atomic mass is 35.5. The molecule has 132 valence electrons. The third-order valence-corrected chi connectivity index (χ3v) is 4.63. The molecule has 0 unspecified atom stereocenters. The largest absolute Gasteiger partial charge is 0.366 e. The first-order valence-corrected chi connectivity index (χ1v) is 8.65. The van der Waals surface area contributed by atoms with E-state index in [9.17, 15) is 22.0 Å². The molecule has 2 rings (SSSR count). The molecule has 0 N–H and O–H groups in total. The number of hydrogen-bond acceptors (Lipinski definition) is 4. The molecule has 0 radical (unpaired) electrons. The summed E-state index contributed by atoms with van der Waals surface area (Å²) in [6.07, 6.45) is 2.34. The van der Waals surface area contributed by atoms with Crippen molar-refractivity contribution in [2.75, 3.05) is 4.47 Å². The monoisotopic (exact) mass is 387 g/mol. The molecular formula is C16H12ClF2NO4S. The van der Waals surface area contributed by atoms with Crippen LogP contribution in [-0.4, -0.2) is 20.3 Å². The molecule has 2 aromatic carbocycles. The van der Waals surface area contributed by atoms with Gasteiger partial charge in [0.15, 0.2) is 0 Å². The average Bonchev–Trinajstić information content (AvgIpc) is 2.58. The van der Waals surface area contributed by atoms with Crippen molar-refractivity contribution in [1.29, 1.82) is 0 Å². The fourth-order valence-electron chi connectivity index (χ4n) is 1.91. The number of carbonyl (C=O) groups excluding carboxylic acids is 1. The van der Waals surface area contributed by atoms with Gasteiger partial charge in [-0.25, -0.2) is 0 Å². The first-order valence-electron chi connectivity index (χ1n) is 6.83. The number of carbonyl (C=O) groups is 1. The molecule has 9 heteroatoms. The second kappa shape index (κ2) is 8.19. The summed E-state index contributed by atoms with van der Waals surface area (Å²) in [5.74, 6) is 0. The summed E-state index contributed by atoms with van der Waals surface area (Å²) < 4.78 is 51.0. The van der Waals surface area contributed by atoms with Crippen LogP contribution in [0.5, 0.6) is 0 Å². The number of halogens is 3. The Balaban J connectivity index is 2.46. The van der Waals surface area contributed by atoms with E-state index in [2.05, 4.69) is 4.84 Å². The molecule has 0 fully saturated rings. The Morgan fingerprint density at radius 2 is 1.80 bits per heavy atom. The van der Waals surface area contributed by atoms with Crippen molar-refractivity contribution in [3.63, 3.8) is 0 Å². The standard InChI is InChI=1S/C16H12ClF2NO4S/c17-15(21)10-9-12-5-4-8-14(11-12)25(22,23)20(24-16(18)19)13-6-2-1-3-7-13/h1-11,16H. The Hall–Kier alpha value is -2.29. The van der Waals surface area contributed by atoms with Crippen molar-refractivity contribution in [2.45, 2.75) is 11.5 Å². The predicted octanol–water partition coefficient (Wildman–Crippen LogP) is 3.81. The van der Waals surface area contributed by atoms with Crippen LogP contribution >= 0.6 is 11.6 Å². The van der Waals surface area contributed by atoms with Crippen molar-refractivity contribution >= 4 is 38.6 Å². The van der Waals surface area contributed by atoms with Crippen LogP contribution in [0.1, 0.15) is 5.56 Å². The number of nitrogens with zero attached hydrogens (tertiary/aromatic N) is 1. The molecule has 0 saturated carbocycles. The zero-order valence-corrected chi connectivity index (χ0v) is 14.1. The van der Waals surface area contributed by atoms with Gasteiger partial charge >= 0.3 is 6.61 Å². The molecule has 0 atom stereocenters. The maximum atomic E-state index is 12.7. The van der Waals surface area contributed by atoms with Gasteiger partial charge in [-0.3, -0.25) is 4.79 Å². The summed E-state index contributed by atoms with van der Waals surface area (Å²) >= 11 is 5.19. The summed E-state index contributed by atoms with van der Waals surface area (Å²) in [5.41, 5.74) is 0.264. The van der Waals surface area contributed by atoms with Crippen LogP contribution in [0.4, 0.5) is 14.5 Å². The normalized spacial score (nSPS) is 11.8. The lowest BCUT2D eigenvalue weighted by Crippen LogP contribution is -2.33. The number of rotatable bonds is 7. The van der Waals surface area contributed by atoms with Crippen LogP contribution in [0.15, 0.2) is 65.6 Å². The molecule has 25 heavy (non-hydrogen) atoms. The van der Waals surface area contributed by atoms with Crippen LogP contribution in [0.25, 0.3) is 6.08 Å². The molecular weight excluding hydrogens is 376 g/mol. The number of anilines is 1. The quantitative estimate of drug-likeness (QED) is 0.411. The van der Waals surface area contributed by atoms with Crippen molar-refractivity contribution < 1.29 is 26.8 Å². The van der Waals surface area contributed by atoms with Gasteiger partial charge in [-0.2, -0.15) is 22.0 Å². The van der Waals surface area contributed by atoms with Gasteiger partial charge < -0.3 is 0 Å². The Labute approximate surface area is 148 Å². The molecule has 0 aliphatic carbocycles. The number of benzene rings is 2. The number of sulfonamides is 1. The van der Waals surface area contributed by atoms with Crippen molar-refractivity contribution in [1.82, 2.24) is 0 Å². The minimum Gasteiger partial charge on any atom is -0.276 e. The smallest absolute Gasteiger partial charge is 0.276 e. The van der Waals surface area contributed by atoms with Gasteiger partial charge in [0.2, 0.25) is 5.24 Å². The van der Waals surface area contributed by atoms with Gasteiger partial charge in [-0.1, -0.05) is 36.4 Å². The molecule has 0 aliphatic heterocycles. The van der Waals surface area contributed by atoms with Crippen LogP contribution in [-0.2, 0) is 19.7 Å². The highest BCUT2D eigenvalue weighted by molar-refractivity contribution is 7.92. The topological polar surface area (TPSA) is 63.7 Å². The Bertz CT molecular complexity index is 873. The molecule has 0 bridgehead atoms. The summed E-state index contributed by atoms with van der Waals surface area (Å²) in [6.45, 7) is -3.34. The SMILES string of the molecule is O=C(Cl)C=Cc1cccc(S(=O)(=O)N(OC(F)F)c2ccccc2)c1. The van der Waals surface area contributed by atoms with Crippen LogP contribution in [0.2, 0.25) is 0 Å². The third kappa shape index (κ3) is 5.09. The van der Waals surface area contributed by atoms with Crippen molar-refractivity contribution in [2.24, 2.45) is 0 Å². The van der Waals surface area contributed by atoms with Crippen molar-refractivity contribution in [3.8, 4) is 0 Å². The maximum absolute atomic E-state index is 12.7. The Kier molecular flexibility index (Phi) is 6.24. The van der Waals surface area contributed by atoms with Crippen LogP contribution in [0, 0.1) is 0 Å². The van der Waals surface area contributed by atoms with Gasteiger partial charge in [0.1, 0.15) is 0 Å². The van der Waals surface area contributed by atoms with E-state index >= 15 is 0 Å². The molecule has 0 aliphatic rings. The number of alkyl halides is 2. The van der Waals surface area contributed by atoms with Gasteiger partial charge in [0, 0.05) is 0 Å². The summed E-state index contributed by atoms with van der Waals surface area (Å²) in [5, 5.41) is -0.736. The van der Waals surface area contributed by atoms with E-state index in [0.717, 1.165) is 6.08 Å². The van der Waals surface area contributed by atoms with E-state index in [0.29, 0.717) is 5.56 Å². The summed E-state index contributed by atoms with van der Waals surface area (Å²) in [6, 6.07) is 12.6. The third-order valence-electron chi connectivity index (χ3n) is 2.92. The molecule has 2 aromatic rings. The fraction of sp³-hybridized carbons (Fsp3) is 0.0625. The lowest BCUT2D eigenvalue weighted by molar-refractivity contribution is -0.123. The first kappa shape index (κ1) is 19.0. The Morgan fingerprint density at radius 1 is 1.12 bits per heavy atom. The number of hydrogen-bond donors (Lipinski definition) is 0. The van der Waals surface area contributed by atoms with Gasteiger partial charge in [0.05, 0.1) is 10.6 Å². The predicted molar refractivity (Wildman–Crippen MR) is 89.5 cm³/mol. The Morgan fingerprint density at radius 3 is 2.40 bits per heavy atom.